The zero-order valence-corrected chi connectivity index (χ0v) is 14.3. The fourth-order valence-electron chi connectivity index (χ4n) is 3.55. The summed E-state index contributed by atoms with van der Waals surface area (Å²) in [6, 6.07) is 34.1. The van der Waals surface area contributed by atoms with Gasteiger partial charge < -0.3 is 0 Å². The zero-order valence-electron chi connectivity index (χ0n) is 14.3. The minimum Gasteiger partial charge on any atom is -0.256 e. The molecule has 0 atom stereocenters. The van der Waals surface area contributed by atoms with Crippen LogP contribution in [0.1, 0.15) is 0 Å². The Kier molecular flexibility index (Phi) is 3.50. The Morgan fingerprint density at radius 2 is 1.19 bits per heavy atom. The molecule has 4 aromatic carbocycles. The van der Waals surface area contributed by atoms with E-state index in [0.717, 1.165) is 11.3 Å². The Hall–Kier alpha value is -3.45. The predicted molar refractivity (Wildman–Crippen MR) is 110 cm³/mol. The normalized spacial score (nSPS) is 11.1. The van der Waals surface area contributed by atoms with Crippen LogP contribution in [0.2, 0.25) is 0 Å². The van der Waals surface area contributed by atoms with Gasteiger partial charge in [0, 0.05) is 17.1 Å². The zero-order chi connectivity index (χ0) is 17.3. The molecule has 1 aromatic heterocycles. The van der Waals surface area contributed by atoms with Crippen LogP contribution in [-0.4, -0.2) is 4.98 Å². The van der Waals surface area contributed by atoms with E-state index in [0.29, 0.717) is 0 Å². The molecule has 122 valence electrons. The van der Waals surface area contributed by atoms with Crippen molar-refractivity contribution in [1.82, 2.24) is 4.98 Å². The maximum absolute atomic E-state index is 4.72. The van der Waals surface area contributed by atoms with E-state index in [4.69, 9.17) is 4.98 Å². The molecular formula is C25H17N. The predicted octanol–water partition coefficient (Wildman–Crippen LogP) is 6.72. The number of rotatable bonds is 2. The van der Waals surface area contributed by atoms with Gasteiger partial charge in [-0.25, -0.2) is 0 Å². The van der Waals surface area contributed by atoms with E-state index >= 15 is 0 Å². The summed E-state index contributed by atoms with van der Waals surface area (Å²) in [5.74, 6) is 0. The lowest BCUT2D eigenvalue weighted by molar-refractivity contribution is 1.36. The molecule has 1 heterocycles. The molecule has 26 heavy (non-hydrogen) atoms. The van der Waals surface area contributed by atoms with Gasteiger partial charge in [0.2, 0.25) is 0 Å². The van der Waals surface area contributed by atoms with Crippen molar-refractivity contribution in [2.45, 2.75) is 0 Å². The molecule has 0 amide bonds. The number of pyridine rings is 1. The second-order valence-corrected chi connectivity index (χ2v) is 6.52. The molecule has 0 radical (unpaired) electrons. The quantitative estimate of drug-likeness (QED) is 0.327. The van der Waals surface area contributed by atoms with Gasteiger partial charge in [0.15, 0.2) is 0 Å². The number of aromatic nitrogens is 1. The molecule has 0 bridgehead atoms. The van der Waals surface area contributed by atoms with Crippen molar-refractivity contribution in [3.63, 3.8) is 0 Å². The third kappa shape index (κ3) is 2.55. The molecule has 0 aliphatic carbocycles. The van der Waals surface area contributed by atoms with Crippen LogP contribution in [0.25, 0.3) is 43.9 Å². The molecule has 0 saturated heterocycles. The second-order valence-electron chi connectivity index (χ2n) is 6.52. The van der Waals surface area contributed by atoms with Crippen LogP contribution < -0.4 is 0 Å². The minimum absolute atomic E-state index is 1.01. The highest BCUT2D eigenvalue weighted by Gasteiger charge is 2.06. The van der Waals surface area contributed by atoms with Gasteiger partial charge in [-0.1, -0.05) is 84.9 Å². The Labute approximate surface area is 152 Å². The van der Waals surface area contributed by atoms with Crippen LogP contribution in [0.4, 0.5) is 0 Å². The number of hydrogen-bond acceptors (Lipinski definition) is 1. The Morgan fingerprint density at radius 3 is 2.12 bits per heavy atom. The number of nitrogens with zero attached hydrogens (tertiary/aromatic N) is 1. The molecule has 0 fully saturated rings. The van der Waals surface area contributed by atoms with Gasteiger partial charge in [-0.05, 0) is 39.4 Å². The van der Waals surface area contributed by atoms with Crippen LogP contribution in [0, 0.1) is 0 Å². The maximum Gasteiger partial charge on any atom is 0.0708 e. The lowest BCUT2D eigenvalue weighted by atomic mass is 9.99. The van der Waals surface area contributed by atoms with Gasteiger partial charge >= 0.3 is 0 Å². The number of hydrogen-bond donors (Lipinski definition) is 0. The Balaban J connectivity index is 1.69. The smallest absolute Gasteiger partial charge is 0.0708 e. The summed E-state index contributed by atoms with van der Waals surface area (Å²) in [6.07, 6.45) is 1.98. The van der Waals surface area contributed by atoms with Crippen molar-refractivity contribution < 1.29 is 0 Å². The monoisotopic (exact) mass is 331 g/mol. The average molecular weight is 331 g/mol. The lowest BCUT2D eigenvalue weighted by Gasteiger charge is -2.08. The SMILES string of the molecule is c1ccc(-c2cccc(-c3cc4c(ccc5ccccc54)cn3)c2)cc1. The van der Waals surface area contributed by atoms with Crippen molar-refractivity contribution in [3.05, 3.63) is 103 Å². The minimum atomic E-state index is 1.01. The molecule has 5 aromatic rings. The topological polar surface area (TPSA) is 12.9 Å². The van der Waals surface area contributed by atoms with E-state index < -0.39 is 0 Å². The van der Waals surface area contributed by atoms with Crippen LogP contribution in [0.5, 0.6) is 0 Å². The summed E-state index contributed by atoms with van der Waals surface area (Å²) >= 11 is 0. The van der Waals surface area contributed by atoms with E-state index in [9.17, 15) is 0 Å². The first-order valence-corrected chi connectivity index (χ1v) is 8.82. The number of benzene rings is 4. The first-order valence-electron chi connectivity index (χ1n) is 8.82. The highest BCUT2D eigenvalue weighted by Crippen LogP contribution is 2.30. The van der Waals surface area contributed by atoms with Gasteiger partial charge in [-0.3, -0.25) is 4.98 Å². The van der Waals surface area contributed by atoms with Gasteiger partial charge in [0.05, 0.1) is 5.69 Å². The molecule has 1 heteroatoms. The summed E-state index contributed by atoms with van der Waals surface area (Å²) in [6.45, 7) is 0. The number of fused-ring (bicyclic) bond motifs is 3. The van der Waals surface area contributed by atoms with Crippen molar-refractivity contribution in [1.29, 1.82) is 0 Å². The van der Waals surface area contributed by atoms with Gasteiger partial charge in [0.1, 0.15) is 0 Å². The Morgan fingerprint density at radius 1 is 0.462 bits per heavy atom. The molecular weight excluding hydrogens is 314 g/mol. The standard InChI is InChI=1S/C25H17N/c1-2-7-18(8-3-1)20-10-6-11-21(15-20)25-16-24-22(17-26-25)14-13-19-9-4-5-12-23(19)24/h1-17H. The summed E-state index contributed by atoms with van der Waals surface area (Å²) < 4.78 is 0. The lowest BCUT2D eigenvalue weighted by Crippen LogP contribution is -1.86. The van der Waals surface area contributed by atoms with E-state index in [1.54, 1.807) is 0 Å². The molecule has 0 N–H and O–H groups in total. The molecule has 0 unspecified atom stereocenters. The molecule has 5 rings (SSSR count). The van der Waals surface area contributed by atoms with E-state index in [1.807, 2.05) is 12.3 Å². The summed E-state index contributed by atoms with van der Waals surface area (Å²) in [7, 11) is 0. The molecule has 0 spiro atoms. The average Bonchev–Trinajstić information content (AvgIpc) is 2.74. The third-order valence-electron chi connectivity index (χ3n) is 4.89. The molecule has 0 aliphatic rings. The molecule has 0 saturated carbocycles. The largest absolute Gasteiger partial charge is 0.256 e. The fourth-order valence-corrected chi connectivity index (χ4v) is 3.55. The van der Waals surface area contributed by atoms with Crippen LogP contribution in [0.3, 0.4) is 0 Å². The molecule has 1 nitrogen and oxygen atoms in total. The van der Waals surface area contributed by atoms with Crippen molar-refractivity contribution in [2.75, 3.05) is 0 Å². The van der Waals surface area contributed by atoms with Crippen LogP contribution >= 0.6 is 0 Å². The van der Waals surface area contributed by atoms with Crippen molar-refractivity contribution in [3.8, 4) is 22.4 Å². The maximum atomic E-state index is 4.72. The fraction of sp³-hybridized carbons (Fsp3) is 0. The third-order valence-corrected chi connectivity index (χ3v) is 4.89. The van der Waals surface area contributed by atoms with Gasteiger partial charge in [0.25, 0.3) is 0 Å². The highest BCUT2D eigenvalue weighted by molar-refractivity contribution is 6.08. The van der Waals surface area contributed by atoms with Gasteiger partial charge in [-0.2, -0.15) is 0 Å². The van der Waals surface area contributed by atoms with Crippen molar-refractivity contribution in [2.24, 2.45) is 0 Å². The van der Waals surface area contributed by atoms with Gasteiger partial charge in [-0.15, -0.1) is 0 Å². The summed E-state index contributed by atoms with van der Waals surface area (Å²) in [5, 5.41) is 4.95. The van der Waals surface area contributed by atoms with E-state index in [-0.39, 0.29) is 0 Å². The van der Waals surface area contributed by atoms with E-state index in [1.165, 1.54) is 32.7 Å². The first-order chi connectivity index (χ1) is 12.9. The van der Waals surface area contributed by atoms with Crippen molar-refractivity contribution >= 4 is 21.5 Å². The first kappa shape index (κ1) is 14.9. The second kappa shape index (κ2) is 6.12. The highest BCUT2D eigenvalue weighted by atomic mass is 14.7. The Bertz CT molecular complexity index is 1220. The van der Waals surface area contributed by atoms with Crippen LogP contribution in [0.15, 0.2) is 103 Å². The van der Waals surface area contributed by atoms with Crippen LogP contribution in [-0.2, 0) is 0 Å². The van der Waals surface area contributed by atoms with E-state index in [2.05, 4.69) is 91.0 Å². The summed E-state index contributed by atoms with van der Waals surface area (Å²) in [5.41, 5.74) is 4.58. The molecule has 0 aliphatic heterocycles. The summed E-state index contributed by atoms with van der Waals surface area (Å²) in [4.78, 5) is 4.72.